The Balaban J connectivity index is 1.68. The van der Waals surface area contributed by atoms with E-state index >= 15 is 0 Å². The number of amides is 2. The van der Waals surface area contributed by atoms with E-state index in [0.717, 1.165) is 5.56 Å². The Kier molecular flexibility index (Phi) is 9.81. The molecule has 0 radical (unpaired) electrons. The van der Waals surface area contributed by atoms with E-state index in [9.17, 15) is 14.7 Å². The molecule has 1 atom stereocenters. The lowest BCUT2D eigenvalue weighted by atomic mass is 9.99. The molecule has 0 bridgehead atoms. The minimum Gasteiger partial charge on any atom is -0.493 e. The van der Waals surface area contributed by atoms with E-state index in [0.29, 0.717) is 31.1 Å². The lowest BCUT2D eigenvalue weighted by Gasteiger charge is -2.40. The Labute approximate surface area is 253 Å². The smallest absolute Gasteiger partial charge is 0.409 e. The zero-order valence-electron chi connectivity index (χ0n) is 25.1. The van der Waals surface area contributed by atoms with Gasteiger partial charge in [-0.3, -0.25) is 10.1 Å². The third kappa shape index (κ3) is 7.42. The van der Waals surface area contributed by atoms with Gasteiger partial charge in [0.15, 0.2) is 19.8 Å². The van der Waals surface area contributed by atoms with Crippen LogP contribution in [0.1, 0.15) is 48.0 Å². The Bertz CT molecular complexity index is 1420. The number of anilines is 1. The Hall–Kier alpha value is -3.60. The first kappa shape index (κ1) is 31.3. The van der Waals surface area contributed by atoms with Gasteiger partial charge >= 0.3 is 6.09 Å². The largest absolute Gasteiger partial charge is 0.493 e. The molecule has 10 heteroatoms. The number of carbonyl (C=O) groups is 2. The van der Waals surface area contributed by atoms with Gasteiger partial charge in [-0.25, -0.2) is 4.79 Å². The second-order valence-electron chi connectivity index (χ2n) is 11.8. The number of rotatable bonds is 10. The fraction of sp³-hybridized carbons (Fsp3) is 0.375. The van der Waals surface area contributed by atoms with Crippen molar-refractivity contribution in [2.75, 3.05) is 25.6 Å². The van der Waals surface area contributed by atoms with Crippen LogP contribution in [-0.4, -0.2) is 56.6 Å². The highest BCUT2D eigenvalue weighted by molar-refractivity contribution is 7.11. The summed E-state index contributed by atoms with van der Waals surface area (Å²) in [5, 5.41) is 14.1. The summed E-state index contributed by atoms with van der Waals surface area (Å²) in [6, 6.07) is 16.5. The molecular formula is C32H40N2O6SSi. The van der Waals surface area contributed by atoms with E-state index in [1.807, 2.05) is 41.8 Å². The molecule has 1 aromatic heterocycles. The van der Waals surface area contributed by atoms with Crippen molar-refractivity contribution >= 4 is 42.9 Å². The van der Waals surface area contributed by atoms with Gasteiger partial charge in [-0.15, -0.1) is 11.3 Å². The summed E-state index contributed by atoms with van der Waals surface area (Å²) >= 11 is 1.67. The minimum atomic E-state index is -2.10. The summed E-state index contributed by atoms with van der Waals surface area (Å²) in [5.74, 6) is 0.362. The van der Waals surface area contributed by atoms with Gasteiger partial charge in [0.1, 0.15) is 6.61 Å². The van der Waals surface area contributed by atoms with Gasteiger partial charge in [0.05, 0.1) is 31.0 Å². The van der Waals surface area contributed by atoms with Crippen LogP contribution in [0.25, 0.3) is 5.57 Å². The number of hydrogen-bond acceptors (Lipinski definition) is 6. The molecule has 3 aromatic rings. The van der Waals surface area contributed by atoms with E-state index < -0.39 is 14.4 Å². The van der Waals surface area contributed by atoms with Crippen LogP contribution in [0, 0.1) is 0 Å². The van der Waals surface area contributed by atoms with Gasteiger partial charge in [0.25, 0.3) is 5.91 Å². The fourth-order valence-electron chi connectivity index (χ4n) is 4.50. The number of benzene rings is 2. The lowest BCUT2D eigenvalue weighted by Crippen LogP contribution is -2.49. The third-order valence-electron chi connectivity index (χ3n) is 7.95. The van der Waals surface area contributed by atoms with Gasteiger partial charge < -0.3 is 23.9 Å². The monoisotopic (exact) mass is 608 g/mol. The number of methoxy groups -OCH3 is 1. The van der Waals surface area contributed by atoms with Crippen molar-refractivity contribution in [2.45, 2.75) is 58.0 Å². The molecule has 0 saturated heterocycles. The van der Waals surface area contributed by atoms with E-state index in [2.05, 4.69) is 51.3 Å². The number of carbonyl (C=O) groups excluding carboxylic acids is 1. The van der Waals surface area contributed by atoms with Crippen LogP contribution in [0.4, 0.5) is 10.5 Å². The summed E-state index contributed by atoms with van der Waals surface area (Å²) in [5.41, 5.74) is 2.45. The van der Waals surface area contributed by atoms with Crippen molar-refractivity contribution in [3.8, 4) is 11.5 Å². The van der Waals surface area contributed by atoms with Gasteiger partial charge in [-0.2, -0.15) is 0 Å². The van der Waals surface area contributed by atoms with Crippen LogP contribution in [0.15, 0.2) is 66.1 Å². The lowest BCUT2D eigenvalue weighted by molar-refractivity contribution is 0.0655. The number of nitrogens with one attached hydrogen (secondary N) is 1. The van der Waals surface area contributed by atoms with Gasteiger partial charge in [0.2, 0.25) is 0 Å². The molecule has 0 aliphatic carbocycles. The zero-order valence-corrected chi connectivity index (χ0v) is 26.9. The van der Waals surface area contributed by atoms with Crippen LogP contribution in [-0.2, 0) is 11.0 Å². The van der Waals surface area contributed by atoms with Crippen molar-refractivity contribution < 1.29 is 28.6 Å². The van der Waals surface area contributed by atoms with Crippen molar-refractivity contribution in [1.29, 1.82) is 0 Å². The molecule has 2 aromatic carbocycles. The molecule has 1 unspecified atom stereocenters. The highest BCUT2D eigenvalue weighted by Gasteiger charge is 2.39. The fourth-order valence-corrected chi connectivity index (χ4v) is 6.30. The van der Waals surface area contributed by atoms with E-state index in [-0.39, 0.29) is 34.8 Å². The number of carboxylic acid groups (broad SMARTS) is 1. The maximum absolute atomic E-state index is 14.2. The van der Waals surface area contributed by atoms with Crippen LogP contribution in [0.5, 0.6) is 11.5 Å². The van der Waals surface area contributed by atoms with E-state index in [4.69, 9.17) is 13.9 Å². The SMILES string of the molecule is COc1cc(C(=O)N2CCC(c3cccs3)=CC2CO[Si](C)(C)C(C)(C)C)c(NC(=O)O)cc1OCc1ccccc1. The maximum Gasteiger partial charge on any atom is 0.409 e. The van der Waals surface area contributed by atoms with Crippen molar-refractivity contribution in [2.24, 2.45) is 0 Å². The number of hydrogen-bond donors (Lipinski definition) is 2. The predicted molar refractivity (Wildman–Crippen MR) is 170 cm³/mol. The maximum atomic E-state index is 14.2. The van der Waals surface area contributed by atoms with Crippen LogP contribution in [0.2, 0.25) is 18.1 Å². The first-order valence-electron chi connectivity index (χ1n) is 14.0. The Morgan fingerprint density at radius 3 is 2.45 bits per heavy atom. The second-order valence-corrected chi connectivity index (χ2v) is 17.6. The molecule has 0 fully saturated rings. The molecular weight excluding hydrogens is 569 g/mol. The van der Waals surface area contributed by atoms with Crippen molar-refractivity contribution in [1.82, 2.24) is 4.90 Å². The molecule has 0 spiro atoms. The van der Waals surface area contributed by atoms with Crippen LogP contribution < -0.4 is 14.8 Å². The molecule has 224 valence electrons. The Morgan fingerprint density at radius 2 is 1.83 bits per heavy atom. The summed E-state index contributed by atoms with van der Waals surface area (Å²) in [7, 11) is -0.608. The van der Waals surface area contributed by atoms with Gasteiger partial charge in [0, 0.05) is 17.5 Å². The highest BCUT2D eigenvalue weighted by Crippen LogP contribution is 2.39. The average Bonchev–Trinajstić information content (AvgIpc) is 3.49. The number of nitrogens with zero attached hydrogens (tertiary/aromatic N) is 1. The van der Waals surface area contributed by atoms with Gasteiger partial charge in [-0.1, -0.05) is 63.2 Å². The Morgan fingerprint density at radius 1 is 1.10 bits per heavy atom. The topological polar surface area (TPSA) is 97.3 Å². The first-order chi connectivity index (χ1) is 19.9. The highest BCUT2D eigenvalue weighted by atomic mass is 32.1. The number of thiophene rings is 1. The molecule has 4 rings (SSSR count). The molecule has 2 amide bonds. The summed E-state index contributed by atoms with van der Waals surface area (Å²) in [6.07, 6.45) is 1.53. The summed E-state index contributed by atoms with van der Waals surface area (Å²) < 4.78 is 18.2. The van der Waals surface area contributed by atoms with E-state index in [1.165, 1.54) is 23.6 Å². The van der Waals surface area contributed by atoms with Crippen LogP contribution in [0.3, 0.4) is 0 Å². The van der Waals surface area contributed by atoms with Crippen LogP contribution >= 0.6 is 11.3 Å². The molecule has 2 heterocycles. The molecule has 42 heavy (non-hydrogen) atoms. The predicted octanol–water partition coefficient (Wildman–Crippen LogP) is 7.75. The minimum absolute atomic E-state index is 0.0122. The second kappa shape index (κ2) is 13.1. The summed E-state index contributed by atoms with van der Waals surface area (Å²) in [4.78, 5) is 28.9. The molecule has 2 N–H and O–H groups in total. The molecule has 1 aliphatic rings. The standard InChI is InChI=1S/C32H40N2O6SSi/c1-32(2,3)42(5,6)40-21-24-17-23(29-13-10-16-41-29)14-15-34(24)30(35)25-18-27(38-4)28(19-26(25)33-31(36)37)39-20-22-11-8-7-9-12-22/h7-13,16-19,24,33H,14-15,20-21H2,1-6H3,(H,36,37). The van der Waals surface area contributed by atoms with E-state index in [1.54, 1.807) is 22.3 Å². The normalized spacial score (nSPS) is 15.6. The third-order valence-corrected chi connectivity index (χ3v) is 13.4. The molecule has 0 saturated carbocycles. The molecule has 1 aliphatic heterocycles. The first-order valence-corrected chi connectivity index (χ1v) is 17.8. The quantitative estimate of drug-likeness (QED) is 0.229. The average molecular weight is 609 g/mol. The van der Waals surface area contributed by atoms with Crippen molar-refractivity contribution in [3.05, 3.63) is 82.1 Å². The van der Waals surface area contributed by atoms with Gasteiger partial charge in [-0.05, 0) is 53.2 Å². The summed E-state index contributed by atoms with van der Waals surface area (Å²) in [6.45, 7) is 12.0. The number of ether oxygens (including phenoxy) is 2. The van der Waals surface area contributed by atoms with Crippen molar-refractivity contribution in [3.63, 3.8) is 0 Å². The molecule has 8 nitrogen and oxygen atoms in total. The zero-order chi connectivity index (χ0) is 30.5.